The maximum atomic E-state index is 13.0. The van der Waals surface area contributed by atoms with E-state index in [1.807, 2.05) is 28.8 Å². The molecule has 0 aliphatic heterocycles. The summed E-state index contributed by atoms with van der Waals surface area (Å²) >= 11 is 0. The van der Waals surface area contributed by atoms with Gasteiger partial charge in [-0.25, -0.2) is 14.6 Å². The van der Waals surface area contributed by atoms with Gasteiger partial charge in [0.15, 0.2) is 5.69 Å². The predicted molar refractivity (Wildman–Crippen MR) is 139 cm³/mol. The average molecular weight is 507 g/mol. The number of aliphatic hydroxyl groups is 1. The normalized spacial score (nSPS) is 11.3. The van der Waals surface area contributed by atoms with Crippen molar-refractivity contribution in [2.24, 2.45) is 0 Å². The van der Waals surface area contributed by atoms with Crippen molar-refractivity contribution in [3.63, 3.8) is 0 Å². The van der Waals surface area contributed by atoms with Crippen LogP contribution in [0.15, 0.2) is 48.5 Å². The average Bonchev–Trinajstić information content (AvgIpc) is 3.25. The van der Waals surface area contributed by atoms with E-state index in [2.05, 4.69) is 16.6 Å². The van der Waals surface area contributed by atoms with Crippen molar-refractivity contribution < 1.29 is 29.0 Å². The van der Waals surface area contributed by atoms with Crippen LogP contribution in [0.1, 0.15) is 78.5 Å². The van der Waals surface area contributed by atoms with Crippen LogP contribution in [0.3, 0.4) is 0 Å². The second-order valence-corrected chi connectivity index (χ2v) is 9.26. The summed E-state index contributed by atoms with van der Waals surface area (Å²) in [6.45, 7) is 7.58. The minimum atomic E-state index is -1.33. The number of aryl methyl sites for hydroxylation is 1. The van der Waals surface area contributed by atoms with E-state index in [0.717, 1.165) is 24.0 Å². The van der Waals surface area contributed by atoms with Crippen molar-refractivity contribution in [1.82, 2.24) is 9.55 Å². The monoisotopic (exact) mass is 506 g/mol. The van der Waals surface area contributed by atoms with Crippen LogP contribution in [0, 0.1) is 0 Å². The number of ether oxygens (including phenoxy) is 2. The van der Waals surface area contributed by atoms with Crippen molar-refractivity contribution >= 4 is 17.7 Å². The maximum absolute atomic E-state index is 13.0. The Bertz CT molecular complexity index is 1270. The topological polar surface area (TPSA) is 108 Å². The lowest BCUT2D eigenvalue weighted by atomic mass is 9.96. The fourth-order valence-electron chi connectivity index (χ4n) is 4.14. The summed E-state index contributed by atoms with van der Waals surface area (Å²) in [4.78, 5) is 42.0. The zero-order valence-electron chi connectivity index (χ0n) is 22.0. The highest BCUT2D eigenvalue weighted by atomic mass is 16.5. The van der Waals surface area contributed by atoms with E-state index in [1.165, 1.54) is 7.11 Å². The summed E-state index contributed by atoms with van der Waals surface area (Å²) in [6.07, 6.45) is 2.49. The van der Waals surface area contributed by atoms with Gasteiger partial charge in [-0.1, -0.05) is 61.9 Å². The van der Waals surface area contributed by atoms with E-state index in [-0.39, 0.29) is 17.9 Å². The highest BCUT2D eigenvalue weighted by Gasteiger charge is 2.32. The van der Waals surface area contributed by atoms with Crippen molar-refractivity contribution in [3.8, 4) is 11.1 Å². The zero-order valence-corrected chi connectivity index (χ0v) is 22.0. The summed E-state index contributed by atoms with van der Waals surface area (Å²) in [5.41, 5.74) is 1.75. The molecule has 0 aliphatic carbocycles. The molecule has 2 aromatic carbocycles. The molecule has 0 aliphatic rings. The van der Waals surface area contributed by atoms with Gasteiger partial charge in [0, 0.05) is 18.5 Å². The van der Waals surface area contributed by atoms with Gasteiger partial charge < -0.3 is 19.1 Å². The van der Waals surface area contributed by atoms with E-state index in [9.17, 15) is 19.5 Å². The highest BCUT2D eigenvalue weighted by molar-refractivity contribution is 6.41. The number of rotatable bonds is 11. The highest BCUT2D eigenvalue weighted by Crippen LogP contribution is 2.28. The number of aromatic nitrogens is 2. The molecule has 37 heavy (non-hydrogen) atoms. The predicted octanol–water partition coefficient (Wildman–Crippen LogP) is 4.70. The molecule has 0 fully saturated rings. The molecule has 0 spiro atoms. The lowest BCUT2D eigenvalue weighted by Gasteiger charge is -2.17. The van der Waals surface area contributed by atoms with Gasteiger partial charge in [0.2, 0.25) is 0 Å². The van der Waals surface area contributed by atoms with E-state index >= 15 is 0 Å². The molecule has 0 saturated heterocycles. The van der Waals surface area contributed by atoms with E-state index < -0.39 is 23.3 Å². The van der Waals surface area contributed by atoms with Crippen LogP contribution in [0.2, 0.25) is 0 Å². The van der Waals surface area contributed by atoms with Crippen molar-refractivity contribution in [1.29, 1.82) is 0 Å². The Hall–Kier alpha value is -3.78. The van der Waals surface area contributed by atoms with Gasteiger partial charge in [-0.05, 0) is 43.9 Å². The van der Waals surface area contributed by atoms with Crippen molar-refractivity contribution in [2.75, 3.05) is 13.7 Å². The Morgan fingerprint density at radius 3 is 2.30 bits per heavy atom. The second-order valence-electron chi connectivity index (χ2n) is 9.26. The van der Waals surface area contributed by atoms with E-state index in [4.69, 9.17) is 4.74 Å². The second kappa shape index (κ2) is 12.0. The molecule has 0 radical (unpaired) electrons. The molecule has 1 heterocycles. The molecule has 0 atom stereocenters. The lowest BCUT2D eigenvalue weighted by molar-refractivity contribution is -0.135. The van der Waals surface area contributed by atoms with Gasteiger partial charge >= 0.3 is 11.9 Å². The molecular formula is C29H34N2O6. The van der Waals surface area contributed by atoms with Crippen LogP contribution in [-0.2, 0) is 32.8 Å². The van der Waals surface area contributed by atoms with Gasteiger partial charge in [0.25, 0.3) is 5.78 Å². The van der Waals surface area contributed by atoms with Gasteiger partial charge in [0.05, 0.1) is 13.7 Å². The summed E-state index contributed by atoms with van der Waals surface area (Å²) < 4.78 is 11.7. The third kappa shape index (κ3) is 6.32. The van der Waals surface area contributed by atoms with Crippen LogP contribution in [0.4, 0.5) is 0 Å². The number of ketones is 1. The first kappa shape index (κ1) is 27.8. The first-order valence-electron chi connectivity index (χ1n) is 12.4. The SMILES string of the molecule is CCCCc1nc(C(C)(C)O)c(C(=O)OCC)n1Cc1ccc(-c2ccccc2C(=O)C(=O)OC)cc1. The first-order chi connectivity index (χ1) is 17.6. The molecule has 1 N–H and O–H groups in total. The van der Waals surface area contributed by atoms with Gasteiger partial charge in [-0.3, -0.25) is 4.79 Å². The number of hydrogen-bond donors (Lipinski definition) is 1. The van der Waals surface area contributed by atoms with Crippen LogP contribution in [-0.4, -0.2) is 46.1 Å². The van der Waals surface area contributed by atoms with Crippen LogP contribution >= 0.6 is 0 Å². The molecule has 8 heteroatoms. The third-order valence-electron chi connectivity index (χ3n) is 6.00. The number of nitrogens with zero attached hydrogens (tertiary/aromatic N) is 2. The number of esters is 2. The number of unbranched alkanes of at least 4 members (excludes halogenated alkanes) is 1. The number of Topliss-reactive ketones (excluding diaryl/α,β-unsaturated/α-hetero) is 1. The molecule has 196 valence electrons. The molecule has 0 amide bonds. The largest absolute Gasteiger partial charge is 0.463 e. The number of carbonyl (C=O) groups is 3. The summed E-state index contributed by atoms with van der Waals surface area (Å²) in [5, 5.41) is 10.8. The standard InChI is InChI=1S/C29H34N2O6/c1-6-8-13-23-30-26(29(3,4)35)24(27(33)37-7-2)31(23)18-19-14-16-20(17-15-19)21-11-9-10-12-22(21)25(32)28(34)36-5/h9-12,14-17,35H,6-8,13,18H2,1-5H3. The number of benzene rings is 2. The molecule has 0 unspecified atom stereocenters. The van der Waals surface area contributed by atoms with Gasteiger partial charge in [-0.2, -0.15) is 0 Å². The fraction of sp³-hybridized carbons (Fsp3) is 0.379. The minimum absolute atomic E-state index is 0.206. The summed E-state index contributed by atoms with van der Waals surface area (Å²) in [5.74, 6) is -1.45. The Balaban J connectivity index is 2.02. The summed E-state index contributed by atoms with van der Waals surface area (Å²) in [7, 11) is 1.18. The zero-order chi connectivity index (χ0) is 27.2. The maximum Gasteiger partial charge on any atom is 0.379 e. The molecular weight excluding hydrogens is 472 g/mol. The van der Waals surface area contributed by atoms with Gasteiger partial charge in [0.1, 0.15) is 17.1 Å². The fourth-order valence-corrected chi connectivity index (χ4v) is 4.14. The minimum Gasteiger partial charge on any atom is -0.463 e. The van der Waals surface area contributed by atoms with E-state index in [1.54, 1.807) is 45.0 Å². The molecule has 0 bridgehead atoms. The molecule has 0 saturated carbocycles. The number of carbonyl (C=O) groups excluding carboxylic acids is 3. The quantitative estimate of drug-likeness (QED) is 0.228. The molecule has 8 nitrogen and oxygen atoms in total. The van der Waals surface area contributed by atoms with Crippen molar-refractivity contribution in [2.45, 2.75) is 59.1 Å². The Morgan fingerprint density at radius 2 is 1.70 bits per heavy atom. The van der Waals surface area contributed by atoms with Crippen LogP contribution < -0.4 is 0 Å². The summed E-state index contributed by atoms with van der Waals surface area (Å²) in [6, 6.07) is 14.4. The molecule has 1 aromatic heterocycles. The molecule has 3 rings (SSSR count). The van der Waals surface area contributed by atoms with Crippen LogP contribution in [0.5, 0.6) is 0 Å². The van der Waals surface area contributed by atoms with Crippen LogP contribution in [0.25, 0.3) is 11.1 Å². The smallest absolute Gasteiger partial charge is 0.379 e. The number of methoxy groups -OCH3 is 1. The Labute approximate surface area is 217 Å². The number of imidazole rings is 1. The van der Waals surface area contributed by atoms with Gasteiger partial charge in [-0.15, -0.1) is 0 Å². The Morgan fingerprint density at radius 1 is 1.03 bits per heavy atom. The van der Waals surface area contributed by atoms with E-state index in [0.29, 0.717) is 30.0 Å². The number of hydrogen-bond acceptors (Lipinski definition) is 7. The van der Waals surface area contributed by atoms with Crippen molar-refractivity contribution in [3.05, 3.63) is 76.9 Å². The third-order valence-corrected chi connectivity index (χ3v) is 6.00. The molecule has 3 aromatic rings. The first-order valence-corrected chi connectivity index (χ1v) is 12.4. The lowest BCUT2D eigenvalue weighted by Crippen LogP contribution is -2.23. The Kier molecular flexibility index (Phi) is 8.99.